The third-order valence-corrected chi connectivity index (χ3v) is 4.50. The zero-order valence-electron chi connectivity index (χ0n) is 10.4. The summed E-state index contributed by atoms with van der Waals surface area (Å²) in [5.74, 6) is 0.720. The zero-order valence-corrected chi connectivity index (χ0v) is 10.4. The molecule has 0 bridgehead atoms. The predicted molar refractivity (Wildman–Crippen MR) is 68.8 cm³/mol. The molecule has 0 amide bonds. The van der Waals surface area contributed by atoms with Gasteiger partial charge in [-0.1, -0.05) is 31.2 Å². The number of hydrogen-bond donors (Lipinski definition) is 2. The topological polar surface area (TPSA) is 32.3 Å². The molecule has 92 valence electrons. The maximum Gasteiger partial charge on any atom is 0.105 e. The lowest BCUT2D eigenvalue weighted by Gasteiger charge is -2.39. The summed E-state index contributed by atoms with van der Waals surface area (Å²) in [6.07, 6.45) is 4.20. The van der Waals surface area contributed by atoms with Gasteiger partial charge in [-0.3, -0.25) is 0 Å². The number of fused-ring (bicyclic) bond motifs is 1. The van der Waals surface area contributed by atoms with Gasteiger partial charge in [0.2, 0.25) is 0 Å². The summed E-state index contributed by atoms with van der Waals surface area (Å²) in [4.78, 5) is 0. The maximum atomic E-state index is 11.0. The van der Waals surface area contributed by atoms with Crippen molar-refractivity contribution >= 4 is 0 Å². The molecule has 2 N–H and O–H groups in total. The van der Waals surface area contributed by atoms with Gasteiger partial charge in [-0.2, -0.15) is 0 Å². The van der Waals surface area contributed by atoms with Crippen molar-refractivity contribution < 1.29 is 5.11 Å². The van der Waals surface area contributed by atoms with Gasteiger partial charge >= 0.3 is 0 Å². The van der Waals surface area contributed by atoms with Crippen LogP contribution in [0.2, 0.25) is 0 Å². The van der Waals surface area contributed by atoms with E-state index < -0.39 is 5.60 Å². The number of nitrogens with one attached hydrogen (secondary N) is 1. The molecular formula is C15H21NO. The van der Waals surface area contributed by atoms with E-state index in [2.05, 4.69) is 30.4 Å². The minimum absolute atomic E-state index is 0.231. The fraction of sp³-hybridized carbons (Fsp3) is 0.600. The number of benzene rings is 1. The van der Waals surface area contributed by atoms with E-state index in [1.54, 1.807) is 0 Å². The van der Waals surface area contributed by atoms with Crippen LogP contribution in [0, 0.1) is 5.92 Å². The first kappa shape index (κ1) is 11.2. The average Bonchev–Trinajstić information content (AvgIpc) is 2.69. The van der Waals surface area contributed by atoms with Crippen LogP contribution in [0.15, 0.2) is 24.3 Å². The summed E-state index contributed by atoms with van der Waals surface area (Å²) in [6.45, 7) is 3.33. The van der Waals surface area contributed by atoms with Crippen molar-refractivity contribution in [2.75, 3.05) is 6.54 Å². The lowest BCUT2D eigenvalue weighted by Crippen LogP contribution is -2.51. The van der Waals surface area contributed by atoms with Gasteiger partial charge in [0, 0.05) is 6.04 Å². The highest BCUT2D eigenvalue weighted by Crippen LogP contribution is 2.41. The van der Waals surface area contributed by atoms with Crippen molar-refractivity contribution in [2.24, 2.45) is 5.92 Å². The normalized spacial score (nSPS) is 36.8. The van der Waals surface area contributed by atoms with E-state index in [1.165, 1.54) is 12.0 Å². The maximum absolute atomic E-state index is 11.0. The van der Waals surface area contributed by atoms with Crippen LogP contribution in [0.25, 0.3) is 0 Å². The fourth-order valence-corrected chi connectivity index (χ4v) is 3.45. The molecular weight excluding hydrogens is 210 g/mol. The van der Waals surface area contributed by atoms with Crippen molar-refractivity contribution in [2.45, 2.75) is 44.2 Å². The van der Waals surface area contributed by atoms with E-state index in [4.69, 9.17) is 0 Å². The van der Waals surface area contributed by atoms with E-state index in [0.717, 1.165) is 37.3 Å². The van der Waals surface area contributed by atoms with Crippen molar-refractivity contribution in [3.05, 3.63) is 35.4 Å². The van der Waals surface area contributed by atoms with Gasteiger partial charge in [0.15, 0.2) is 0 Å². The molecule has 17 heavy (non-hydrogen) atoms. The number of aryl methyl sites for hydroxylation is 1. The number of aliphatic hydroxyl groups is 1. The van der Waals surface area contributed by atoms with Crippen LogP contribution in [-0.2, 0) is 12.0 Å². The van der Waals surface area contributed by atoms with Crippen LogP contribution in [0.4, 0.5) is 0 Å². The standard InChI is InChI=1S/C15H21NO/c1-11-7-9-16-14(10-11)15(17)8-6-12-4-2-3-5-13(12)15/h2-5,11,14,16-17H,6-10H2,1H3. The minimum atomic E-state index is -0.634. The lowest BCUT2D eigenvalue weighted by molar-refractivity contribution is -0.0169. The molecule has 3 atom stereocenters. The zero-order chi connectivity index (χ0) is 11.9. The molecule has 1 fully saturated rings. The van der Waals surface area contributed by atoms with Crippen molar-refractivity contribution in [1.29, 1.82) is 0 Å². The molecule has 1 heterocycles. The fourth-order valence-electron chi connectivity index (χ4n) is 3.45. The average molecular weight is 231 g/mol. The SMILES string of the molecule is CC1CCNC(C2(O)CCc3ccccc32)C1. The molecule has 1 aromatic rings. The van der Waals surface area contributed by atoms with Gasteiger partial charge < -0.3 is 10.4 Å². The van der Waals surface area contributed by atoms with Crippen LogP contribution in [0.3, 0.4) is 0 Å². The Bertz CT molecular complexity index is 417. The Balaban J connectivity index is 1.92. The summed E-state index contributed by atoms with van der Waals surface area (Å²) < 4.78 is 0. The first-order chi connectivity index (χ1) is 8.20. The van der Waals surface area contributed by atoms with E-state index in [1.807, 2.05) is 6.07 Å². The van der Waals surface area contributed by atoms with Crippen LogP contribution in [-0.4, -0.2) is 17.7 Å². The highest BCUT2D eigenvalue weighted by Gasteiger charge is 2.44. The first-order valence-corrected chi connectivity index (χ1v) is 6.74. The Morgan fingerprint density at radius 1 is 1.35 bits per heavy atom. The van der Waals surface area contributed by atoms with Crippen LogP contribution < -0.4 is 5.32 Å². The second-order valence-electron chi connectivity index (χ2n) is 5.72. The summed E-state index contributed by atoms with van der Waals surface area (Å²) in [6, 6.07) is 8.60. The van der Waals surface area contributed by atoms with Gasteiger partial charge in [-0.15, -0.1) is 0 Å². The molecule has 1 aliphatic carbocycles. The molecule has 3 rings (SSSR count). The third kappa shape index (κ3) is 1.80. The predicted octanol–water partition coefficient (Wildman–Crippen LogP) is 2.21. The monoisotopic (exact) mass is 231 g/mol. The van der Waals surface area contributed by atoms with E-state index >= 15 is 0 Å². The van der Waals surface area contributed by atoms with Gasteiger partial charge in [-0.25, -0.2) is 0 Å². The van der Waals surface area contributed by atoms with Gasteiger partial charge in [0.05, 0.1) is 0 Å². The highest BCUT2D eigenvalue weighted by atomic mass is 16.3. The van der Waals surface area contributed by atoms with Crippen LogP contribution in [0.1, 0.15) is 37.3 Å². The van der Waals surface area contributed by atoms with Gasteiger partial charge in [0.25, 0.3) is 0 Å². The van der Waals surface area contributed by atoms with E-state index in [-0.39, 0.29) is 6.04 Å². The molecule has 1 aliphatic heterocycles. The molecule has 2 aliphatic rings. The second-order valence-corrected chi connectivity index (χ2v) is 5.72. The molecule has 2 heteroatoms. The quantitative estimate of drug-likeness (QED) is 0.776. The molecule has 0 radical (unpaired) electrons. The first-order valence-electron chi connectivity index (χ1n) is 6.74. The van der Waals surface area contributed by atoms with Crippen LogP contribution >= 0.6 is 0 Å². The Hall–Kier alpha value is -0.860. The Morgan fingerprint density at radius 3 is 3.00 bits per heavy atom. The molecule has 3 unspecified atom stereocenters. The van der Waals surface area contributed by atoms with Gasteiger partial charge in [0.1, 0.15) is 5.60 Å². The molecule has 2 nitrogen and oxygen atoms in total. The molecule has 1 aromatic carbocycles. The second kappa shape index (κ2) is 4.11. The number of hydrogen-bond acceptors (Lipinski definition) is 2. The molecule has 0 saturated carbocycles. The van der Waals surface area contributed by atoms with E-state index in [0.29, 0.717) is 0 Å². The number of piperidine rings is 1. The van der Waals surface area contributed by atoms with Crippen LogP contribution in [0.5, 0.6) is 0 Å². The summed E-state index contributed by atoms with van der Waals surface area (Å²) in [5, 5.41) is 14.5. The Labute approximate surface area is 103 Å². The summed E-state index contributed by atoms with van der Waals surface area (Å²) in [7, 11) is 0. The molecule has 0 spiro atoms. The number of rotatable bonds is 1. The van der Waals surface area contributed by atoms with Gasteiger partial charge in [-0.05, 0) is 49.3 Å². The highest BCUT2D eigenvalue weighted by molar-refractivity contribution is 5.38. The van der Waals surface area contributed by atoms with E-state index in [9.17, 15) is 5.11 Å². The smallest absolute Gasteiger partial charge is 0.105 e. The summed E-state index contributed by atoms with van der Waals surface area (Å²) >= 11 is 0. The largest absolute Gasteiger partial charge is 0.384 e. The molecule has 0 aromatic heterocycles. The lowest BCUT2D eigenvalue weighted by atomic mass is 9.80. The third-order valence-electron chi connectivity index (χ3n) is 4.50. The minimum Gasteiger partial charge on any atom is -0.384 e. The van der Waals surface area contributed by atoms with Crippen molar-refractivity contribution in [1.82, 2.24) is 5.32 Å². The Kier molecular flexibility index (Phi) is 2.72. The summed E-state index contributed by atoms with van der Waals surface area (Å²) in [5.41, 5.74) is 1.85. The van der Waals surface area contributed by atoms with Crippen molar-refractivity contribution in [3.8, 4) is 0 Å². The Morgan fingerprint density at radius 2 is 2.18 bits per heavy atom. The van der Waals surface area contributed by atoms with Crippen molar-refractivity contribution in [3.63, 3.8) is 0 Å². The molecule has 1 saturated heterocycles.